The molecule has 172 valence electrons. The molecule has 0 amide bonds. The van der Waals surface area contributed by atoms with Gasteiger partial charge in [0.15, 0.2) is 0 Å². The molecule has 0 saturated heterocycles. The van der Waals surface area contributed by atoms with Crippen LogP contribution in [-0.4, -0.2) is 10.7 Å². The Hall–Kier alpha value is -4.76. The van der Waals surface area contributed by atoms with Crippen molar-refractivity contribution in [3.05, 3.63) is 157 Å². The number of benzene rings is 4. The van der Waals surface area contributed by atoms with Crippen LogP contribution >= 0.6 is 0 Å². The van der Waals surface area contributed by atoms with Gasteiger partial charge in [0, 0.05) is 35.3 Å². The van der Waals surface area contributed by atoms with Gasteiger partial charge >= 0.3 is 0 Å². The Bertz CT molecular complexity index is 1520. The number of nitrogens with one attached hydrogen (secondary N) is 1. The topological polar surface area (TPSA) is 37.3 Å². The van der Waals surface area contributed by atoms with Gasteiger partial charge in [-0.25, -0.2) is 0 Å². The van der Waals surface area contributed by atoms with E-state index >= 15 is 0 Å². The van der Waals surface area contributed by atoms with Crippen molar-refractivity contribution in [2.45, 2.75) is 6.17 Å². The van der Waals surface area contributed by atoms with Crippen LogP contribution in [0.5, 0.6) is 0 Å². The van der Waals surface area contributed by atoms with Crippen LogP contribution in [0.2, 0.25) is 0 Å². The molecule has 1 aromatic heterocycles. The van der Waals surface area contributed by atoms with E-state index in [0.29, 0.717) is 0 Å². The molecule has 0 aliphatic carbocycles. The predicted molar refractivity (Wildman–Crippen MR) is 148 cm³/mol. The first-order chi connectivity index (χ1) is 17.8. The minimum atomic E-state index is -0.139. The third kappa shape index (κ3) is 4.47. The highest BCUT2D eigenvalue weighted by Gasteiger charge is 2.21. The Balaban J connectivity index is 1.41. The maximum atomic E-state index is 5.21. The number of allylic oxidation sites excluding steroid dienone is 1. The molecule has 36 heavy (non-hydrogen) atoms. The molecule has 3 heteroatoms. The van der Waals surface area contributed by atoms with E-state index in [2.05, 4.69) is 120 Å². The fourth-order valence-electron chi connectivity index (χ4n) is 4.57. The molecule has 0 bridgehead atoms. The van der Waals surface area contributed by atoms with E-state index in [9.17, 15) is 0 Å². The van der Waals surface area contributed by atoms with E-state index in [4.69, 9.17) is 4.99 Å². The van der Waals surface area contributed by atoms with Crippen LogP contribution in [0.3, 0.4) is 0 Å². The summed E-state index contributed by atoms with van der Waals surface area (Å²) < 4.78 is 0. The average Bonchev–Trinajstić information content (AvgIpc) is 2.98. The molecule has 0 saturated carbocycles. The first kappa shape index (κ1) is 21.8. The number of aromatic nitrogens is 1. The van der Waals surface area contributed by atoms with Gasteiger partial charge in [-0.2, -0.15) is 0 Å². The summed E-state index contributed by atoms with van der Waals surface area (Å²) in [4.78, 5) is 9.50. The number of hydrogen-bond donors (Lipinski definition) is 1. The molecule has 4 aromatic carbocycles. The normalized spacial score (nSPS) is 14.9. The zero-order valence-corrected chi connectivity index (χ0v) is 19.8. The van der Waals surface area contributed by atoms with Crippen LogP contribution in [0.4, 0.5) is 0 Å². The van der Waals surface area contributed by atoms with Crippen LogP contribution in [0.15, 0.2) is 145 Å². The summed E-state index contributed by atoms with van der Waals surface area (Å²) in [6, 6.07) is 42.1. The van der Waals surface area contributed by atoms with E-state index < -0.39 is 0 Å². The van der Waals surface area contributed by atoms with Crippen molar-refractivity contribution >= 4 is 11.3 Å². The molecule has 6 rings (SSSR count). The van der Waals surface area contributed by atoms with Gasteiger partial charge in [-0.05, 0) is 39.9 Å². The lowest BCUT2D eigenvalue weighted by Gasteiger charge is -2.24. The highest BCUT2D eigenvalue weighted by molar-refractivity contribution is 6.32. The van der Waals surface area contributed by atoms with Gasteiger partial charge in [-0.15, -0.1) is 0 Å². The van der Waals surface area contributed by atoms with Crippen molar-refractivity contribution in [3.8, 4) is 22.3 Å². The summed E-state index contributed by atoms with van der Waals surface area (Å²) in [6.07, 6.45) is 5.66. The van der Waals surface area contributed by atoms with Crippen LogP contribution in [0.25, 0.3) is 27.8 Å². The molecule has 1 aliphatic rings. The third-order valence-corrected chi connectivity index (χ3v) is 6.45. The lowest BCUT2D eigenvalue weighted by molar-refractivity contribution is 0.652. The monoisotopic (exact) mass is 463 g/mol. The minimum Gasteiger partial charge on any atom is -0.365 e. The van der Waals surface area contributed by atoms with Gasteiger partial charge in [0.05, 0.1) is 5.71 Å². The second-order valence-electron chi connectivity index (χ2n) is 8.78. The van der Waals surface area contributed by atoms with Gasteiger partial charge in [-0.3, -0.25) is 9.98 Å². The quantitative estimate of drug-likeness (QED) is 0.292. The summed E-state index contributed by atoms with van der Waals surface area (Å²) in [6.45, 7) is 0. The van der Waals surface area contributed by atoms with E-state index in [1.807, 2.05) is 24.4 Å². The predicted octanol–water partition coefficient (Wildman–Crippen LogP) is 7.55. The van der Waals surface area contributed by atoms with Crippen molar-refractivity contribution in [2.75, 3.05) is 0 Å². The Labute approximate surface area is 211 Å². The Morgan fingerprint density at radius 1 is 0.528 bits per heavy atom. The van der Waals surface area contributed by atoms with Gasteiger partial charge in [0.1, 0.15) is 6.17 Å². The summed E-state index contributed by atoms with van der Waals surface area (Å²) >= 11 is 0. The minimum absolute atomic E-state index is 0.139. The molecule has 0 fully saturated rings. The first-order valence-corrected chi connectivity index (χ1v) is 12.1. The van der Waals surface area contributed by atoms with Crippen molar-refractivity contribution in [1.82, 2.24) is 10.3 Å². The Morgan fingerprint density at radius 3 is 1.92 bits per heavy atom. The highest BCUT2D eigenvalue weighted by Crippen LogP contribution is 2.31. The Morgan fingerprint density at radius 2 is 1.17 bits per heavy atom. The fraction of sp³-hybridized carbons (Fsp3) is 0.0303. The van der Waals surface area contributed by atoms with Gasteiger partial charge < -0.3 is 5.32 Å². The van der Waals surface area contributed by atoms with Crippen LogP contribution in [0, 0.1) is 0 Å². The van der Waals surface area contributed by atoms with Crippen molar-refractivity contribution in [3.63, 3.8) is 0 Å². The lowest BCUT2D eigenvalue weighted by atomic mass is 9.92. The van der Waals surface area contributed by atoms with Crippen LogP contribution in [-0.2, 0) is 0 Å². The zero-order chi connectivity index (χ0) is 24.2. The van der Waals surface area contributed by atoms with E-state index in [0.717, 1.165) is 39.1 Å². The average molecular weight is 464 g/mol. The van der Waals surface area contributed by atoms with Crippen LogP contribution < -0.4 is 5.32 Å². The Kier molecular flexibility index (Phi) is 5.95. The molecule has 1 unspecified atom stereocenters. The van der Waals surface area contributed by atoms with E-state index in [1.54, 1.807) is 6.20 Å². The second kappa shape index (κ2) is 9.85. The van der Waals surface area contributed by atoms with E-state index in [-0.39, 0.29) is 6.17 Å². The molecule has 0 spiro atoms. The fourth-order valence-corrected chi connectivity index (χ4v) is 4.57. The number of pyridine rings is 1. The largest absolute Gasteiger partial charge is 0.365 e. The maximum absolute atomic E-state index is 5.21. The lowest BCUT2D eigenvalue weighted by Crippen LogP contribution is -2.23. The van der Waals surface area contributed by atoms with Crippen molar-refractivity contribution in [2.24, 2.45) is 4.99 Å². The van der Waals surface area contributed by atoms with Crippen molar-refractivity contribution in [1.29, 1.82) is 0 Å². The maximum Gasteiger partial charge on any atom is 0.145 e. The van der Waals surface area contributed by atoms with Crippen LogP contribution in [0.1, 0.15) is 22.9 Å². The molecule has 2 heterocycles. The smallest absolute Gasteiger partial charge is 0.145 e. The molecule has 1 atom stereocenters. The standard InChI is InChI=1S/C33H25N3/c1-3-9-24(10-4-1)25-16-18-26(19-17-25)32-31(23-35-33(36-32)27-11-5-2-6-12-27)29-14-7-13-28(21-29)30-15-8-20-34-22-30/h1-23,33,35H. The number of hydrogen-bond acceptors (Lipinski definition) is 3. The summed E-state index contributed by atoms with van der Waals surface area (Å²) in [5, 5.41) is 3.52. The summed E-state index contributed by atoms with van der Waals surface area (Å²) in [5.41, 5.74) is 10.0. The van der Waals surface area contributed by atoms with Crippen molar-refractivity contribution < 1.29 is 0 Å². The molecule has 1 N–H and O–H groups in total. The van der Waals surface area contributed by atoms with E-state index in [1.165, 1.54) is 11.1 Å². The zero-order valence-electron chi connectivity index (χ0n) is 19.8. The molecular formula is C33H25N3. The molecule has 0 radical (unpaired) electrons. The second-order valence-corrected chi connectivity index (χ2v) is 8.78. The van der Waals surface area contributed by atoms with Gasteiger partial charge in [0.25, 0.3) is 0 Å². The molecule has 5 aromatic rings. The number of rotatable bonds is 5. The molecule has 3 nitrogen and oxygen atoms in total. The number of nitrogens with zero attached hydrogens (tertiary/aromatic N) is 2. The number of aliphatic imine (C=N–C) groups is 1. The highest BCUT2D eigenvalue weighted by atomic mass is 15.1. The van der Waals surface area contributed by atoms with Gasteiger partial charge in [-0.1, -0.05) is 109 Å². The first-order valence-electron chi connectivity index (χ1n) is 12.1. The molecular weight excluding hydrogens is 438 g/mol. The summed E-state index contributed by atoms with van der Waals surface area (Å²) in [5.74, 6) is 0. The summed E-state index contributed by atoms with van der Waals surface area (Å²) in [7, 11) is 0. The van der Waals surface area contributed by atoms with Gasteiger partial charge in [0.2, 0.25) is 0 Å². The third-order valence-electron chi connectivity index (χ3n) is 6.45. The SMILES string of the molecule is C1=C(c2cccc(-c3cccnc3)c2)C(c2ccc(-c3ccccc3)cc2)=NC(c2ccccc2)N1. The molecule has 1 aliphatic heterocycles.